The third kappa shape index (κ3) is 5.69. The third-order valence-electron chi connectivity index (χ3n) is 7.41. The fourth-order valence-corrected chi connectivity index (χ4v) is 4.90. The van der Waals surface area contributed by atoms with Crippen LogP contribution in [0.15, 0.2) is 104 Å². The molecule has 8 nitrogen and oxygen atoms in total. The highest BCUT2D eigenvalue weighted by Gasteiger charge is 2.25. The number of nitrogen functional groups attached to an aromatic ring is 1. The number of benzene rings is 3. The molecule has 0 radical (unpaired) electrons. The summed E-state index contributed by atoms with van der Waals surface area (Å²) in [4.78, 5) is 25.7. The van der Waals surface area contributed by atoms with Crippen LogP contribution in [-0.2, 0) is 4.79 Å². The molecular formula is C33H32N6O2. The van der Waals surface area contributed by atoms with E-state index in [0.29, 0.717) is 17.5 Å². The molecule has 0 atom stereocenters. The van der Waals surface area contributed by atoms with Gasteiger partial charge >= 0.3 is 0 Å². The average Bonchev–Trinajstić information content (AvgIpc) is 3.78. The summed E-state index contributed by atoms with van der Waals surface area (Å²) in [5.41, 5.74) is 10.6. The molecule has 1 aliphatic rings. The Bertz CT molecular complexity index is 1710. The number of likely N-dealkylation sites (N-methyl/N-ethyl adjacent to an activating group) is 2. The molecule has 0 unspecified atom stereocenters. The Kier molecular flexibility index (Phi) is 7.22. The molecule has 0 saturated heterocycles. The monoisotopic (exact) mass is 544 g/mol. The zero-order chi connectivity index (χ0) is 28.3. The number of ether oxygens (including phenoxy) is 1. The molecule has 2 aromatic heterocycles. The molecule has 0 aliphatic heterocycles. The zero-order valence-electron chi connectivity index (χ0n) is 23.1. The fraction of sp³-hybridized carbons (Fsp3) is 0.182. The van der Waals surface area contributed by atoms with Gasteiger partial charge in [-0.3, -0.25) is 9.69 Å². The maximum atomic E-state index is 12.9. The second kappa shape index (κ2) is 11.3. The van der Waals surface area contributed by atoms with Gasteiger partial charge in [0.05, 0.1) is 5.39 Å². The Balaban J connectivity index is 1.28. The van der Waals surface area contributed by atoms with Crippen LogP contribution in [-0.4, -0.2) is 52.0 Å². The number of rotatable bonds is 9. The van der Waals surface area contributed by atoms with Gasteiger partial charge in [0, 0.05) is 48.8 Å². The molecule has 8 heteroatoms. The lowest BCUT2D eigenvalue weighted by Gasteiger charge is -2.17. The van der Waals surface area contributed by atoms with Crippen molar-refractivity contribution < 1.29 is 9.53 Å². The molecule has 41 heavy (non-hydrogen) atoms. The predicted octanol–water partition coefficient (Wildman–Crippen LogP) is 6.08. The highest BCUT2D eigenvalue weighted by Crippen LogP contribution is 2.36. The highest BCUT2D eigenvalue weighted by molar-refractivity contribution is 6.02. The Morgan fingerprint density at radius 2 is 1.76 bits per heavy atom. The number of fused-ring (bicyclic) bond motifs is 1. The Labute approximate surface area is 239 Å². The summed E-state index contributed by atoms with van der Waals surface area (Å²) in [7, 11) is 3.88. The lowest BCUT2D eigenvalue weighted by Crippen LogP contribution is -2.25. The lowest BCUT2D eigenvalue weighted by atomic mass is 10.1. The third-order valence-corrected chi connectivity index (χ3v) is 7.41. The van der Waals surface area contributed by atoms with Crippen LogP contribution >= 0.6 is 0 Å². The van der Waals surface area contributed by atoms with E-state index in [-0.39, 0.29) is 5.91 Å². The summed E-state index contributed by atoms with van der Waals surface area (Å²) in [5.74, 6) is 1.84. The number of carbonyl (C=O) groups is 1. The number of aromatic nitrogens is 3. The average molecular weight is 545 g/mol. The minimum atomic E-state index is -0.0752. The van der Waals surface area contributed by atoms with Crippen molar-refractivity contribution in [3.63, 3.8) is 0 Å². The van der Waals surface area contributed by atoms with E-state index in [1.165, 1.54) is 19.2 Å². The van der Waals surface area contributed by atoms with Crippen LogP contribution in [0, 0.1) is 0 Å². The zero-order valence-corrected chi connectivity index (χ0v) is 23.1. The van der Waals surface area contributed by atoms with E-state index in [1.807, 2.05) is 95.7 Å². The van der Waals surface area contributed by atoms with Gasteiger partial charge in [0.15, 0.2) is 5.65 Å². The van der Waals surface area contributed by atoms with Crippen molar-refractivity contribution >= 4 is 28.4 Å². The number of nitrogens with zero attached hydrogens (tertiary/aromatic N) is 5. The number of para-hydroxylation sites is 1. The van der Waals surface area contributed by atoms with Crippen LogP contribution in [0.25, 0.3) is 27.8 Å². The molecule has 1 fully saturated rings. The van der Waals surface area contributed by atoms with Crippen LogP contribution in [0.5, 0.6) is 11.5 Å². The molecule has 0 bridgehead atoms. The quantitative estimate of drug-likeness (QED) is 0.226. The SMILES string of the molecule is CN(C(=O)C=CCN(C)C1CC1)c1cccc(-n2cc(-c3ccc(Oc4ccccc4)cc3)c3c(N)ncnc32)c1. The molecule has 2 heterocycles. The normalized spacial score (nSPS) is 13.2. The lowest BCUT2D eigenvalue weighted by molar-refractivity contribution is -0.113. The van der Waals surface area contributed by atoms with E-state index >= 15 is 0 Å². The fourth-order valence-electron chi connectivity index (χ4n) is 4.90. The largest absolute Gasteiger partial charge is 0.457 e. The molecule has 1 saturated carbocycles. The van der Waals surface area contributed by atoms with E-state index in [0.717, 1.165) is 45.9 Å². The Morgan fingerprint density at radius 1 is 1.00 bits per heavy atom. The topological polar surface area (TPSA) is 89.5 Å². The van der Waals surface area contributed by atoms with Crippen molar-refractivity contribution in [1.29, 1.82) is 0 Å². The second-order valence-electron chi connectivity index (χ2n) is 10.3. The maximum Gasteiger partial charge on any atom is 0.250 e. The van der Waals surface area contributed by atoms with Crippen LogP contribution in [0.1, 0.15) is 12.8 Å². The number of amides is 1. The number of nitrogens with two attached hydrogens (primary N) is 1. The van der Waals surface area contributed by atoms with Gasteiger partial charge < -0.3 is 19.9 Å². The molecule has 6 rings (SSSR count). The molecule has 1 amide bonds. The van der Waals surface area contributed by atoms with Gasteiger partial charge in [-0.25, -0.2) is 9.97 Å². The Morgan fingerprint density at radius 3 is 2.51 bits per heavy atom. The molecule has 206 valence electrons. The predicted molar refractivity (Wildman–Crippen MR) is 163 cm³/mol. The van der Waals surface area contributed by atoms with Crippen molar-refractivity contribution in [2.75, 3.05) is 31.3 Å². The molecule has 2 N–H and O–H groups in total. The van der Waals surface area contributed by atoms with E-state index in [2.05, 4.69) is 21.9 Å². The highest BCUT2D eigenvalue weighted by atomic mass is 16.5. The summed E-state index contributed by atoms with van der Waals surface area (Å²) in [6.45, 7) is 0.767. The summed E-state index contributed by atoms with van der Waals surface area (Å²) in [5, 5.41) is 0.766. The smallest absolute Gasteiger partial charge is 0.250 e. The van der Waals surface area contributed by atoms with Gasteiger partial charge in [0.1, 0.15) is 23.6 Å². The first-order valence-electron chi connectivity index (χ1n) is 13.7. The van der Waals surface area contributed by atoms with Crippen molar-refractivity contribution in [3.8, 4) is 28.3 Å². The molecular weight excluding hydrogens is 512 g/mol. The van der Waals surface area contributed by atoms with Crippen molar-refractivity contribution in [3.05, 3.63) is 104 Å². The standard InChI is InChI=1S/C33H32N6O2/c1-37(24-15-16-24)19-7-12-30(40)38(2)25-8-6-9-26(20-25)39-21-29(31-32(34)35-22-36-33(31)39)23-13-17-28(18-14-23)41-27-10-4-3-5-11-27/h3-14,17-18,20-22,24H,15-16,19H2,1-2H3,(H2,34,35,36). The summed E-state index contributed by atoms with van der Waals surface area (Å²) in [6, 6.07) is 26.0. The minimum absolute atomic E-state index is 0.0752. The van der Waals surface area contributed by atoms with Crippen LogP contribution < -0.4 is 15.4 Å². The number of carbonyl (C=O) groups excluding carboxylic acids is 1. The van der Waals surface area contributed by atoms with Crippen molar-refractivity contribution in [2.24, 2.45) is 0 Å². The van der Waals surface area contributed by atoms with Gasteiger partial charge in [0.25, 0.3) is 0 Å². The molecule has 5 aromatic rings. The summed E-state index contributed by atoms with van der Waals surface area (Å²) in [6.07, 6.45) is 9.54. The first-order valence-corrected chi connectivity index (χ1v) is 13.7. The maximum absolute atomic E-state index is 12.9. The number of anilines is 2. The first-order chi connectivity index (χ1) is 20.0. The van der Waals surface area contributed by atoms with Crippen molar-refractivity contribution in [2.45, 2.75) is 18.9 Å². The molecule has 1 aliphatic carbocycles. The van der Waals surface area contributed by atoms with Crippen LogP contribution in [0.3, 0.4) is 0 Å². The van der Waals surface area contributed by atoms with Gasteiger partial charge in [0.2, 0.25) is 5.91 Å². The van der Waals surface area contributed by atoms with E-state index < -0.39 is 0 Å². The van der Waals surface area contributed by atoms with Crippen molar-refractivity contribution in [1.82, 2.24) is 19.4 Å². The number of hydrogen-bond acceptors (Lipinski definition) is 6. The summed E-state index contributed by atoms with van der Waals surface area (Å²) >= 11 is 0. The second-order valence-corrected chi connectivity index (χ2v) is 10.3. The van der Waals surface area contributed by atoms with E-state index in [1.54, 1.807) is 18.0 Å². The molecule has 3 aromatic carbocycles. The van der Waals surface area contributed by atoms with Crippen LogP contribution in [0.2, 0.25) is 0 Å². The first kappa shape index (κ1) is 26.3. The van der Waals surface area contributed by atoms with E-state index in [9.17, 15) is 4.79 Å². The van der Waals surface area contributed by atoms with Gasteiger partial charge in [-0.15, -0.1) is 0 Å². The van der Waals surface area contributed by atoms with Gasteiger partial charge in [-0.2, -0.15) is 0 Å². The number of hydrogen-bond donors (Lipinski definition) is 1. The van der Waals surface area contributed by atoms with Crippen LogP contribution in [0.4, 0.5) is 11.5 Å². The minimum Gasteiger partial charge on any atom is -0.457 e. The molecule has 0 spiro atoms. The Hall–Kier alpha value is -4.95. The van der Waals surface area contributed by atoms with Gasteiger partial charge in [-0.1, -0.05) is 42.5 Å². The summed E-state index contributed by atoms with van der Waals surface area (Å²) < 4.78 is 7.95. The van der Waals surface area contributed by atoms with Gasteiger partial charge in [-0.05, 0) is 67.9 Å². The van der Waals surface area contributed by atoms with E-state index in [4.69, 9.17) is 10.5 Å².